The second-order valence-corrected chi connectivity index (χ2v) is 23.0. The van der Waals surface area contributed by atoms with E-state index in [2.05, 4.69) is 56.4 Å². The number of methoxy groups -OCH3 is 1. The number of nitrogens with zero attached hydrogens (tertiary/aromatic N) is 6. The van der Waals surface area contributed by atoms with Gasteiger partial charge < -0.3 is 45.7 Å². The van der Waals surface area contributed by atoms with Crippen molar-refractivity contribution in [3.63, 3.8) is 0 Å². The highest BCUT2D eigenvalue weighted by molar-refractivity contribution is 6.06. The first-order valence-electron chi connectivity index (χ1n) is 28.8. The van der Waals surface area contributed by atoms with Crippen molar-refractivity contribution in [1.29, 1.82) is 10.5 Å². The molecule has 7 rings (SSSR count). The van der Waals surface area contributed by atoms with Crippen LogP contribution in [0.3, 0.4) is 0 Å². The van der Waals surface area contributed by atoms with Gasteiger partial charge in [0.25, 0.3) is 0 Å². The lowest BCUT2D eigenvalue weighted by Gasteiger charge is -2.42. The molecule has 0 fully saturated rings. The van der Waals surface area contributed by atoms with Gasteiger partial charge in [-0.2, -0.15) is 10.5 Å². The maximum Gasteiger partial charge on any atom is 0.311 e. The monoisotopic (exact) mass is 1140 g/mol. The van der Waals surface area contributed by atoms with E-state index >= 15 is 0 Å². The number of imidazole rings is 1. The van der Waals surface area contributed by atoms with Crippen molar-refractivity contribution in [2.24, 2.45) is 21.7 Å². The number of carbonyl (C=O) groups is 5. The van der Waals surface area contributed by atoms with Gasteiger partial charge in [-0.15, -0.1) is 0 Å². The molecule has 440 valence electrons. The molecule has 1 aliphatic heterocycles. The number of rotatable bonds is 28. The third-order valence-corrected chi connectivity index (χ3v) is 16.4. The van der Waals surface area contributed by atoms with E-state index in [1.165, 1.54) is 14.0 Å². The summed E-state index contributed by atoms with van der Waals surface area (Å²) in [4.78, 5) is 80.4. The molecule has 6 aromatic rings. The minimum absolute atomic E-state index is 0.0000551. The molecule has 0 bridgehead atoms. The largest absolute Gasteiger partial charge is 0.463 e. The maximum absolute atomic E-state index is 14.3. The Kier molecular flexibility index (Phi) is 21.1. The van der Waals surface area contributed by atoms with E-state index in [4.69, 9.17) is 20.2 Å². The van der Waals surface area contributed by atoms with Gasteiger partial charge in [-0.3, -0.25) is 24.0 Å². The molecule has 0 aliphatic carbocycles. The Balaban J connectivity index is 0.968. The van der Waals surface area contributed by atoms with Crippen LogP contribution in [0.4, 0.5) is 11.5 Å². The second-order valence-electron chi connectivity index (χ2n) is 23.0. The molecule has 4 amide bonds. The lowest BCUT2D eigenvalue weighted by molar-refractivity contribution is -0.158. The number of nitriles is 2. The number of nitrogens with one attached hydrogen (secondary N) is 3. The van der Waals surface area contributed by atoms with Gasteiger partial charge in [-0.1, -0.05) is 98.0 Å². The van der Waals surface area contributed by atoms with E-state index in [0.717, 1.165) is 44.5 Å². The third kappa shape index (κ3) is 15.1. The van der Waals surface area contributed by atoms with Gasteiger partial charge in [-0.25, -0.2) is 9.97 Å². The highest BCUT2D eigenvalue weighted by Crippen LogP contribution is 2.49. The predicted octanol–water partition coefficient (Wildman–Crippen LogP) is 8.73. The van der Waals surface area contributed by atoms with Crippen LogP contribution in [0, 0.1) is 56.2 Å². The number of benzene rings is 4. The van der Waals surface area contributed by atoms with Crippen LogP contribution in [0.1, 0.15) is 133 Å². The molecule has 1 aliphatic rings. The summed E-state index contributed by atoms with van der Waals surface area (Å²) in [6, 6.07) is 35.6. The lowest BCUT2D eigenvalue weighted by atomic mass is 9.60. The number of aliphatic hydroxyl groups excluding tert-OH is 1. The fraction of sp³-hybridized carbons (Fsp3) is 0.439. The van der Waals surface area contributed by atoms with E-state index in [1.54, 1.807) is 32.6 Å². The number of aliphatic hydroxyl groups is 1. The van der Waals surface area contributed by atoms with Crippen molar-refractivity contribution in [2.45, 2.75) is 131 Å². The summed E-state index contributed by atoms with van der Waals surface area (Å²) >= 11 is 0. The number of amides is 4. The van der Waals surface area contributed by atoms with Gasteiger partial charge >= 0.3 is 5.97 Å². The molecule has 0 radical (unpaired) electrons. The number of para-hydroxylation sites is 2. The molecule has 18 heteroatoms. The van der Waals surface area contributed by atoms with Gasteiger partial charge in [0, 0.05) is 75.5 Å². The molecule has 84 heavy (non-hydrogen) atoms. The Morgan fingerprint density at radius 3 is 2.17 bits per heavy atom. The van der Waals surface area contributed by atoms with Crippen molar-refractivity contribution in [2.75, 3.05) is 44.0 Å². The first-order chi connectivity index (χ1) is 40.2. The van der Waals surface area contributed by atoms with Crippen LogP contribution in [0.5, 0.6) is 0 Å². The van der Waals surface area contributed by atoms with Crippen molar-refractivity contribution in [3.8, 4) is 24.0 Å². The van der Waals surface area contributed by atoms with Gasteiger partial charge in [0.2, 0.25) is 23.6 Å². The van der Waals surface area contributed by atoms with Crippen LogP contribution in [-0.2, 0) is 59.5 Å². The SMILES string of the molecule is CCc1nc2c(N)nc3ccccc3c2n1Cc1ccc(CNC(=O)CCC(C)(C#N)CC(C)(CCCC(C)(C(=O)NCC(C)O)C(C)(C#N)CCC(=O)NCCC(=O)N2Cc3ccccc3C#Cc3ccccc32)C(=O)OCCOC)cc1. The van der Waals surface area contributed by atoms with E-state index < -0.39 is 45.5 Å². The fourth-order valence-corrected chi connectivity index (χ4v) is 11.1. The number of hydrogen-bond acceptors (Lipinski definition) is 13. The number of nitrogens with two attached hydrogens (primary N) is 1. The van der Waals surface area contributed by atoms with E-state index in [0.29, 0.717) is 42.1 Å². The van der Waals surface area contributed by atoms with Crippen molar-refractivity contribution in [3.05, 3.63) is 131 Å². The first-order valence-corrected chi connectivity index (χ1v) is 28.8. The number of hydrogen-bond donors (Lipinski definition) is 5. The molecule has 5 unspecified atom stereocenters. The summed E-state index contributed by atoms with van der Waals surface area (Å²) < 4.78 is 13.0. The van der Waals surface area contributed by atoms with Crippen LogP contribution in [0.15, 0.2) is 97.1 Å². The highest BCUT2D eigenvalue weighted by Gasteiger charge is 2.51. The summed E-state index contributed by atoms with van der Waals surface area (Å²) in [5.41, 5.74) is 8.42. The zero-order valence-corrected chi connectivity index (χ0v) is 49.4. The molecule has 18 nitrogen and oxygen atoms in total. The Morgan fingerprint density at radius 1 is 0.786 bits per heavy atom. The van der Waals surface area contributed by atoms with Crippen LogP contribution in [0.2, 0.25) is 0 Å². The molecule has 4 aromatic carbocycles. The Labute approximate surface area is 492 Å². The number of anilines is 2. The smallest absolute Gasteiger partial charge is 0.311 e. The Hall–Kier alpha value is -8.63. The van der Waals surface area contributed by atoms with Gasteiger partial charge in [-0.05, 0) is 108 Å². The predicted molar refractivity (Wildman–Crippen MR) is 322 cm³/mol. The van der Waals surface area contributed by atoms with Crippen molar-refractivity contribution < 1.29 is 38.6 Å². The minimum atomic E-state index is -1.46. The number of fused-ring (bicyclic) bond motifs is 5. The summed E-state index contributed by atoms with van der Waals surface area (Å²) in [5, 5.41) is 41.4. The number of aryl methyl sites for hydroxylation is 1. The highest BCUT2D eigenvalue weighted by atomic mass is 16.6. The molecule has 3 heterocycles. The van der Waals surface area contributed by atoms with Gasteiger partial charge in [0.15, 0.2) is 5.82 Å². The second kappa shape index (κ2) is 28.1. The molecule has 0 saturated heterocycles. The molecule has 0 spiro atoms. The summed E-state index contributed by atoms with van der Waals surface area (Å²) in [7, 11) is 1.48. The van der Waals surface area contributed by atoms with Crippen LogP contribution in [0.25, 0.3) is 21.9 Å². The molecular formula is C66H78N10O8. The number of esters is 1. The number of ether oxygens (including phenoxy) is 2. The maximum atomic E-state index is 14.3. The number of nitrogen functional groups attached to an aromatic ring is 1. The number of aromatic nitrogens is 3. The van der Waals surface area contributed by atoms with E-state index in [9.17, 15) is 39.6 Å². The third-order valence-electron chi connectivity index (χ3n) is 16.4. The zero-order valence-electron chi connectivity index (χ0n) is 49.4. The van der Waals surface area contributed by atoms with Crippen LogP contribution < -0.4 is 26.6 Å². The average Bonchev–Trinajstić information content (AvgIpc) is 2.77. The number of carbonyl (C=O) groups excluding carboxylic acids is 5. The molecule has 5 atom stereocenters. The zero-order chi connectivity index (χ0) is 60.7. The normalized spacial score (nSPS) is 15.0. The van der Waals surface area contributed by atoms with E-state index in [-0.39, 0.29) is 102 Å². The van der Waals surface area contributed by atoms with Crippen molar-refractivity contribution >= 4 is 63.0 Å². The fourth-order valence-electron chi connectivity index (χ4n) is 11.1. The number of pyridine rings is 1. The quantitative estimate of drug-likeness (QED) is 0.0175. The standard InChI is InChI=1S/C66H78N10O8/c1-8-54-74-58-59(51-19-12-13-20-52(51)73-60(58)69)76(54)40-47-24-22-46(23-25-47)39-71-56(79)28-33-63(3,43-67)42-64(4,62(82)84-37-36-83-7)31-15-32-66(6,61(81)72-38-45(2)77)65(5,44-68)34-29-55(78)70-35-30-57(80)75-41-50-18-10-9-16-48(50)26-27-49-17-11-14-21-53(49)75/h9-14,16-25,45,77H,8,15,28-42H2,1-7H3,(H2,69,73)(H,70,78)(H,71,79)(H,72,81). The summed E-state index contributed by atoms with van der Waals surface area (Å²) in [6.45, 7) is 11.4. The molecule has 0 saturated carbocycles. The Bertz CT molecular complexity index is 3520. The van der Waals surface area contributed by atoms with Gasteiger partial charge in [0.05, 0.1) is 69.8 Å². The average molecular weight is 1140 g/mol. The lowest BCUT2D eigenvalue weighted by Crippen LogP contribution is -2.51. The van der Waals surface area contributed by atoms with Gasteiger partial charge in [0.1, 0.15) is 17.9 Å². The molecular weight excluding hydrogens is 1060 g/mol. The topological polar surface area (TPSA) is 268 Å². The van der Waals surface area contributed by atoms with Crippen molar-refractivity contribution in [1.82, 2.24) is 30.5 Å². The Morgan fingerprint density at radius 2 is 1.45 bits per heavy atom. The van der Waals surface area contributed by atoms with Crippen LogP contribution in [-0.4, -0.2) is 88.8 Å². The summed E-state index contributed by atoms with van der Waals surface area (Å²) in [6.07, 6.45) is 0.161. The summed E-state index contributed by atoms with van der Waals surface area (Å²) in [5.74, 6) is 5.69. The van der Waals surface area contributed by atoms with E-state index in [1.807, 2.05) is 97.1 Å². The molecule has 6 N–H and O–H groups in total. The molecule has 2 aromatic heterocycles. The first kappa shape index (κ1) is 63.0. The van der Waals surface area contributed by atoms with Crippen LogP contribution >= 0.6 is 0 Å². The minimum Gasteiger partial charge on any atom is -0.463 e.